The molecule has 0 radical (unpaired) electrons. The van der Waals surface area contributed by atoms with Crippen molar-refractivity contribution in [3.63, 3.8) is 0 Å². The molecular weight excluding hydrogens is 332 g/mol. The Morgan fingerprint density at radius 1 is 1.23 bits per heavy atom. The summed E-state index contributed by atoms with van der Waals surface area (Å²) >= 11 is 0. The molecule has 1 fully saturated rings. The molecule has 1 aromatic carbocycles. The van der Waals surface area contributed by atoms with Gasteiger partial charge in [0.05, 0.1) is 12.8 Å². The third-order valence-electron chi connectivity index (χ3n) is 4.32. The molecule has 0 bridgehead atoms. The number of aryl methyl sites for hydroxylation is 2. The van der Waals surface area contributed by atoms with E-state index in [4.69, 9.17) is 4.74 Å². The highest BCUT2D eigenvalue weighted by atomic mass is 16.6. The van der Waals surface area contributed by atoms with Crippen LogP contribution in [-0.2, 0) is 4.74 Å². The zero-order valence-electron chi connectivity index (χ0n) is 15.4. The molecule has 3 rings (SSSR count). The van der Waals surface area contributed by atoms with Crippen LogP contribution in [-0.4, -0.2) is 59.0 Å². The van der Waals surface area contributed by atoms with Crippen LogP contribution in [0, 0.1) is 13.8 Å². The van der Waals surface area contributed by atoms with Crippen LogP contribution in [0.1, 0.15) is 18.1 Å². The van der Waals surface area contributed by atoms with Crippen molar-refractivity contribution in [2.45, 2.75) is 20.8 Å². The molecule has 8 heteroatoms. The molecule has 2 aromatic rings. The van der Waals surface area contributed by atoms with Gasteiger partial charge in [-0.1, -0.05) is 12.1 Å². The average molecular weight is 356 g/mol. The van der Waals surface area contributed by atoms with Crippen molar-refractivity contribution in [3.8, 4) is 0 Å². The number of nitrogens with one attached hydrogen (secondary N) is 1. The number of aromatic nitrogens is 3. The molecule has 138 valence electrons. The molecule has 0 unspecified atom stereocenters. The van der Waals surface area contributed by atoms with Crippen molar-refractivity contribution in [2.75, 3.05) is 43.0 Å². The van der Waals surface area contributed by atoms with Gasteiger partial charge in [0.15, 0.2) is 5.82 Å². The number of benzene rings is 1. The van der Waals surface area contributed by atoms with Gasteiger partial charge >= 0.3 is 6.09 Å². The monoisotopic (exact) mass is 356 g/mol. The number of nitrogens with zero attached hydrogens (tertiary/aromatic N) is 5. The lowest BCUT2D eigenvalue weighted by atomic mass is 10.1. The summed E-state index contributed by atoms with van der Waals surface area (Å²) in [6, 6.07) is 6.19. The van der Waals surface area contributed by atoms with E-state index in [1.165, 1.54) is 0 Å². The molecule has 1 amide bonds. The first-order chi connectivity index (χ1) is 12.6. The van der Waals surface area contributed by atoms with Gasteiger partial charge in [-0.05, 0) is 38.0 Å². The second-order valence-electron chi connectivity index (χ2n) is 6.25. The summed E-state index contributed by atoms with van der Waals surface area (Å²) in [6.07, 6.45) is 1.39. The van der Waals surface area contributed by atoms with Gasteiger partial charge in [0.1, 0.15) is 0 Å². The number of piperazine rings is 1. The van der Waals surface area contributed by atoms with E-state index in [0.29, 0.717) is 38.7 Å². The minimum atomic E-state index is -0.259. The van der Waals surface area contributed by atoms with E-state index in [2.05, 4.69) is 43.6 Å². The van der Waals surface area contributed by atoms with Crippen LogP contribution in [0.15, 0.2) is 24.4 Å². The minimum absolute atomic E-state index is 0.259. The van der Waals surface area contributed by atoms with Crippen molar-refractivity contribution in [1.29, 1.82) is 0 Å². The largest absolute Gasteiger partial charge is 0.450 e. The van der Waals surface area contributed by atoms with Crippen LogP contribution in [0.5, 0.6) is 0 Å². The Labute approximate surface area is 153 Å². The molecule has 1 aliphatic rings. The van der Waals surface area contributed by atoms with Gasteiger partial charge in [-0.3, -0.25) is 0 Å². The minimum Gasteiger partial charge on any atom is -0.450 e. The normalized spacial score (nSPS) is 14.3. The molecule has 0 spiro atoms. The molecule has 1 aliphatic heterocycles. The summed E-state index contributed by atoms with van der Waals surface area (Å²) in [5.41, 5.74) is 3.25. The van der Waals surface area contributed by atoms with Crippen molar-refractivity contribution in [3.05, 3.63) is 35.5 Å². The Hall–Kier alpha value is -2.90. The predicted molar refractivity (Wildman–Crippen MR) is 99.8 cm³/mol. The van der Waals surface area contributed by atoms with E-state index in [1.54, 1.807) is 11.1 Å². The Morgan fingerprint density at radius 3 is 2.73 bits per heavy atom. The highest BCUT2D eigenvalue weighted by Gasteiger charge is 2.23. The number of carbonyl (C=O) groups is 1. The number of anilines is 3. The first kappa shape index (κ1) is 17.9. The topological polar surface area (TPSA) is 83.5 Å². The molecule has 0 aliphatic carbocycles. The fourth-order valence-corrected chi connectivity index (χ4v) is 2.82. The van der Waals surface area contributed by atoms with E-state index in [9.17, 15) is 4.79 Å². The van der Waals surface area contributed by atoms with E-state index < -0.39 is 0 Å². The van der Waals surface area contributed by atoms with Gasteiger partial charge in [-0.25, -0.2) is 4.79 Å². The molecule has 2 heterocycles. The predicted octanol–water partition coefficient (Wildman–Crippen LogP) is 2.51. The van der Waals surface area contributed by atoms with Crippen LogP contribution in [0.25, 0.3) is 0 Å². The number of ether oxygens (including phenoxy) is 1. The Bertz CT molecular complexity index is 774. The maximum atomic E-state index is 11.8. The van der Waals surface area contributed by atoms with Crippen molar-refractivity contribution < 1.29 is 9.53 Å². The molecule has 1 aromatic heterocycles. The van der Waals surface area contributed by atoms with Crippen molar-refractivity contribution in [2.24, 2.45) is 0 Å². The summed E-state index contributed by atoms with van der Waals surface area (Å²) in [6.45, 7) is 8.84. The maximum Gasteiger partial charge on any atom is 0.409 e. The van der Waals surface area contributed by atoms with Crippen LogP contribution in [0.4, 0.5) is 22.2 Å². The lowest BCUT2D eigenvalue weighted by Crippen LogP contribution is -2.49. The van der Waals surface area contributed by atoms with Crippen LogP contribution < -0.4 is 10.2 Å². The quantitative estimate of drug-likeness (QED) is 0.901. The third-order valence-corrected chi connectivity index (χ3v) is 4.32. The number of hydrogen-bond donors (Lipinski definition) is 1. The SMILES string of the molecule is CCOC(=O)N1CCN(c2cnnc(Nc3cc(C)ccc3C)n2)CC1. The summed E-state index contributed by atoms with van der Waals surface area (Å²) in [5, 5.41) is 11.4. The van der Waals surface area contributed by atoms with E-state index >= 15 is 0 Å². The maximum absolute atomic E-state index is 11.8. The summed E-state index contributed by atoms with van der Waals surface area (Å²) in [5.74, 6) is 1.21. The molecule has 26 heavy (non-hydrogen) atoms. The van der Waals surface area contributed by atoms with Gasteiger partial charge < -0.3 is 19.9 Å². The fourth-order valence-electron chi connectivity index (χ4n) is 2.82. The first-order valence-corrected chi connectivity index (χ1v) is 8.77. The van der Waals surface area contributed by atoms with Crippen molar-refractivity contribution >= 4 is 23.5 Å². The lowest BCUT2D eigenvalue weighted by Gasteiger charge is -2.34. The zero-order valence-corrected chi connectivity index (χ0v) is 15.4. The zero-order chi connectivity index (χ0) is 18.5. The van der Waals surface area contributed by atoms with Crippen LogP contribution >= 0.6 is 0 Å². The average Bonchev–Trinajstić information content (AvgIpc) is 2.65. The summed E-state index contributed by atoms with van der Waals surface area (Å²) in [7, 11) is 0. The van der Waals surface area contributed by atoms with E-state index in [-0.39, 0.29) is 6.09 Å². The van der Waals surface area contributed by atoms with Crippen molar-refractivity contribution in [1.82, 2.24) is 20.1 Å². The van der Waals surface area contributed by atoms with Gasteiger partial charge in [-0.15, -0.1) is 5.10 Å². The van der Waals surface area contributed by atoms with Crippen LogP contribution in [0.3, 0.4) is 0 Å². The lowest BCUT2D eigenvalue weighted by molar-refractivity contribution is 0.105. The molecular formula is C18H24N6O2. The Balaban J connectivity index is 1.66. The van der Waals surface area contributed by atoms with Gasteiger partial charge in [0.25, 0.3) is 0 Å². The highest BCUT2D eigenvalue weighted by Crippen LogP contribution is 2.21. The van der Waals surface area contributed by atoms with E-state index in [0.717, 1.165) is 22.6 Å². The summed E-state index contributed by atoms with van der Waals surface area (Å²) < 4.78 is 5.05. The number of hydrogen-bond acceptors (Lipinski definition) is 7. The molecule has 0 saturated carbocycles. The molecule has 1 N–H and O–H groups in total. The summed E-state index contributed by atoms with van der Waals surface area (Å²) in [4.78, 5) is 20.2. The van der Waals surface area contributed by atoms with Gasteiger partial charge in [0.2, 0.25) is 5.95 Å². The second-order valence-corrected chi connectivity index (χ2v) is 6.25. The van der Waals surface area contributed by atoms with Gasteiger partial charge in [-0.2, -0.15) is 10.1 Å². The van der Waals surface area contributed by atoms with Crippen LogP contribution in [0.2, 0.25) is 0 Å². The second kappa shape index (κ2) is 7.99. The number of carbonyl (C=O) groups excluding carboxylic acids is 1. The Morgan fingerprint density at radius 2 is 2.00 bits per heavy atom. The Kier molecular flexibility index (Phi) is 5.50. The standard InChI is InChI=1S/C18H24N6O2/c1-4-26-18(25)24-9-7-23(8-10-24)16-12-19-22-17(21-16)20-15-11-13(2)5-6-14(15)3/h5-6,11-12H,4,7-10H2,1-3H3,(H,20,21,22). The fraction of sp³-hybridized carbons (Fsp3) is 0.444. The molecule has 8 nitrogen and oxygen atoms in total. The number of amides is 1. The van der Waals surface area contributed by atoms with E-state index in [1.807, 2.05) is 20.8 Å². The molecule has 0 atom stereocenters. The number of rotatable bonds is 4. The first-order valence-electron chi connectivity index (χ1n) is 8.77. The smallest absolute Gasteiger partial charge is 0.409 e. The third kappa shape index (κ3) is 4.19. The highest BCUT2D eigenvalue weighted by molar-refractivity contribution is 5.68. The van der Waals surface area contributed by atoms with Gasteiger partial charge in [0, 0.05) is 31.9 Å². The molecule has 1 saturated heterocycles.